The number of carbonyl (C=O) groups is 1. The average molecular weight is 258 g/mol. The van der Waals surface area contributed by atoms with Crippen LogP contribution in [0, 0.1) is 0 Å². The maximum Gasteiger partial charge on any atom is 0.269 e. The van der Waals surface area contributed by atoms with Crippen LogP contribution in [0.2, 0.25) is 0 Å². The molecule has 0 bridgehead atoms. The van der Waals surface area contributed by atoms with Gasteiger partial charge in [0.1, 0.15) is 11.5 Å². The molecule has 1 aromatic heterocycles. The van der Waals surface area contributed by atoms with Gasteiger partial charge in [0, 0.05) is 18.7 Å². The zero-order valence-electron chi connectivity index (χ0n) is 11.2. The number of aromatic amines is 1. The lowest BCUT2D eigenvalue weighted by Gasteiger charge is -2.09. The highest BCUT2D eigenvalue weighted by molar-refractivity contribution is 5.92. The Morgan fingerprint density at radius 2 is 2.05 bits per heavy atom. The van der Waals surface area contributed by atoms with Gasteiger partial charge in [0.25, 0.3) is 5.91 Å². The maximum atomic E-state index is 11.9. The Morgan fingerprint density at radius 1 is 1.32 bits per heavy atom. The normalized spacial score (nSPS) is 10.7. The first-order chi connectivity index (χ1) is 9.16. The van der Waals surface area contributed by atoms with E-state index in [1.165, 1.54) is 0 Å². The zero-order chi connectivity index (χ0) is 13.7. The molecule has 5 nitrogen and oxygen atoms in total. The zero-order valence-corrected chi connectivity index (χ0v) is 11.2. The molecule has 100 valence electrons. The van der Waals surface area contributed by atoms with Crippen molar-refractivity contribution in [3.8, 4) is 11.4 Å². The van der Waals surface area contributed by atoms with E-state index in [1.54, 1.807) is 6.20 Å². The summed E-state index contributed by atoms with van der Waals surface area (Å²) in [5.74, 6) is 0.579. The molecule has 0 atom stereocenters. The molecule has 2 N–H and O–H groups in total. The largest absolute Gasteiger partial charge is 0.349 e. The van der Waals surface area contributed by atoms with Gasteiger partial charge in [0.2, 0.25) is 0 Å². The number of benzene rings is 1. The third-order valence-corrected chi connectivity index (χ3v) is 2.71. The fourth-order valence-corrected chi connectivity index (χ4v) is 1.67. The lowest BCUT2D eigenvalue weighted by atomic mass is 10.2. The molecule has 0 aliphatic heterocycles. The van der Waals surface area contributed by atoms with Crippen molar-refractivity contribution in [2.75, 3.05) is 27.2 Å². The second kappa shape index (κ2) is 6.15. The smallest absolute Gasteiger partial charge is 0.269 e. The van der Waals surface area contributed by atoms with Crippen molar-refractivity contribution in [1.82, 2.24) is 20.2 Å². The Bertz CT molecular complexity index is 533. The number of hydrogen-bond donors (Lipinski definition) is 2. The molecule has 1 heterocycles. The van der Waals surface area contributed by atoms with Gasteiger partial charge in [-0.3, -0.25) is 4.79 Å². The van der Waals surface area contributed by atoms with Gasteiger partial charge >= 0.3 is 0 Å². The third-order valence-electron chi connectivity index (χ3n) is 2.71. The number of aromatic nitrogens is 2. The van der Waals surface area contributed by atoms with Crippen LogP contribution in [0.1, 0.15) is 10.5 Å². The van der Waals surface area contributed by atoms with Crippen molar-refractivity contribution in [2.24, 2.45) is 0 Å². The van der Waals surface area contributed by atoms with Crippen LogP contribution in [0.5, 0.6) is 0 Å². The molecule has 0 aliphatic rings. The fraction of sp³-hybridized carbons (Fsp3) is 0.286. The quantitative estimate of drug-likeness (QED) is 0.851. The molecule has 5 heteroatoms. The van der Waals surface area contributed by atoms with Crippen LogP contribution in [-0.4, -0.2) is 48.0 Å². The number of imidazole rings is 1. The Kier molecular flexibility index (Phi) is 4.30. The minimum Gasteiger partial charge on any atom is -0.349 e. The minimum absolute atomic E-state index is 0.128. The summed E-state index contributed by atoms with van der Waals surface area (Å²) in [5, 5.41) is 2.84. The lowest BCUT2D eigenvalue weighted by molar-refractivity contribution is 0.0946. The topological polar surface area (TPSA) is 61.0 Å². The van der Waals surface area contributed by atoms with E-state index in [4.69, 9.17) is 0 Å². The van der Waals surface area contributed by atoms with Gasteiger partial charge in [-0.25, -0.2) is 4.98 Å². The Labute approximate surface area is 112 Å². The van der Waals surface area contributed by atoms with Crippen molar-refractivity contribution in [3.05, 3.63) is 42.2 Å². The minimum atomic E-state index is -0.128. The van der Waals surface area contributed by atoms with E-state index in [0.29, 0.717) is 18.1 Å². The predicted octanol–water partition coefficient (Wildman–Crippen LogP) is 1.37. The molecule has 19 heavy (non-hydrogen) atoms. The molecule has 2 aromatic rings. The van der Waals surface area contributed by atoms with E-state index in [2.05, 4.69) is 15.3 Å². The molecular weight excluding hydrogens is 240 g/mol. The van der Waals surface area contributed by atoms with E-state index in [0.717, 1.165) is 12.1 Å². The SMILES string of the molecule is CN(C)CCNC(=O)c1cnc(-c2ccccc2)[nH]1. The second-order valence-corrected chi connectivity index (χ2v) is 4.57. The number of nitrogens with zero attached hydrogens (tertiary/aromatic N) is 2. The van der Waals surface area contributed by atoms with Crippen molar-refractivity contribution in [1.29, 1.82) is 0 Å². The van der Waals surface area contributed by atoms with Gasteiger partial charge in [0.05, 0.1) is 6.20 Å². The molecule has 0 spiro atoms. The summed E-state index contributed by atoms with van der Waals surface area (Å²) >= 11 is 0. The van der Waals surface area contributed by atoms with E-state index < -0.39 is 0 Å². The van der Waals surface area contributed by atoms with Crippen LogP contribution in [0.4, 0.5) is 0 Å². The van der Waals surface area contributed by atoms with Gasteiger partial charge < -0.3 is 15.2 Å². The van der Waals surface area contributed by atoms with Crippen molar-refractivity contribution in [2.45, 2.75) is 0 Å². The van der Waals surface area contributed by atoms with Crippen LogP contribution in [0.15, 0.2) is 36.5 Å². The summed E-state index contributed by atoms with van der Waals surface area (Å²) in [4.78, 5) is 21.1. The number of carbonyl (C=O) groups excluding carboxylic acids is 1. The number of rotatable bonds is 5. The molecule has 0 aliphatic carbocycles. The van der Waals surface area contributed by atoms with E-state index in [9.17, 15) is 4.79 Å². The molecule has 0 unspecified atom stereocenters. The van der Waals surface area contributed by atoms with Crippen LogP contribution >= 0.6 is 0 Å². The number of amides is 1. The highest BCUT2D eigenvalue weighted by atomic mass is 16.1. The van der Waals surface area contributed by atoms with Crippen molar-refractivity contribution >= 4 is 5.91 Å². The molecule has 1 amide bonds. The fourth-order valence-electron chi connectivity index (χ4n) is 1.67. The maximum absolute atomic E-state index is 11.9. The average Bonchev–Trinajstić information content (AvgIpc) is 2.89. The summed E-state index contributed by atoms with van der Waals surface area (Å²) in [6.45, 7) is 1.43. The molecule has 0 radical (unpaired) electrons. The highest BCUT2D eigenvalue weighted by Gasteiger charge is 2.09. The summed E-state index contributed by atoms with van der Waals surface area (Å²) in [6.07, 6.45) is 1.56. The van der Waals surface area contributed by atoms with Gasteiger partial charge in [-0.05, 0) is 14.1 Å². The van der Waals surface area contributed by atoms with Crippen LogP contribution in [0.3, 0.4) is 0 Å². The molecule has 1 aromatic carbocycles. The van der Waals surface area contributed by atoms with Crippen molar-refractivity contribution in [3.63, 3.8) is 0 Å². The monoisotopic (exact) mass is 258 g/mol. The number of hydrogen-bond acceptors (Lipinski definition) is 3. The van der Waals surface area contributed by atoms with Crippen LogP contribution < -0.4 is 5.32 Å². The third kappa shape index (κ3) is 3.66. The summed E-state index contributed by atoms with van der Waals surface area (Å²) in [6, 6.07) is 9.73. The van der Waals surface area contributed by atoms with E-state index in [-0.39, 0.29) is 5.91 Å². The first-order valence-electron chi connectivity index (χ1n) is 6.20. The van der Waals surface area contributed by atoms with E-state index >= 15 is 0 Å². The molecule has 2 rings (SSSR count). The lowest BCUT2D eigenvalue weighted by Crippen LogP contribution is -2.31. The molecule has 0 fully saturated rings. The number of nitrogens with one attached hydrogen (secondary N) is 2. The van der Waals surface area contributed by atoms with Gasteiger partial charge in [-0.1, -0.05) is 30.3 Å². The summed E-state index contributed by atoms with van der Waals surface area (Å²) < 4.78 is 0. The Morgan fingerprint density at radius 3 is 2.74 bits per heavy atom. The summed E-state index contributed by atoms with van der Waals surface area (Å²) in [7, 11) is 3.94. The van der Waals surface area contributed by atoms with Gasteiger partial charge in [-0.2, -0.15) is 0 Å². The van der Waals surface area contributed by atoms with Crippen molar-refractivity contribution < 1.29 is 4.79 Å². The summed E-state index contributed by atoms with van der Waals surface area (Å²) in [5.41, 5.74) is 1.45. The molecular formula is C14H18N4O. The predicted molar refractivity (Wildman–Crippen MR) is 74.9 cm³/mol. The standard InChI is InChI=1S/C14H18N4O/c1-18(2)9-8-15-14(19)12-10-16-13(17-12)11-6-4-3-5-7-11/h3-7,10H,8-9H2,1-2H3,(H,15,19)(H,16,17). The highest BCUT2D eigenvalue weighted by Crippen LogP contribution is 2.14. The van der Waals surface area contributed by atoms with Crippen LogP contribution in [-0.2, 0) is 0 Å². The van der Waals surface area contributed by atoms with Gasteiger partial charge in [0.15, 0.2) is 0 Å². The Balaban J connectivity index is 1.99. The first-order valence-corrected chi connectivity index (χ1v) is 6.20. The Hall–Kier alpha value is -2.14. The first kappa shape index (κ1) is 13.3. The van der Waals surface area contributed by atoms with Gasteiger partial charge in [-0.15, -0.1) is 0 Å². The number of H-pyrrole nitrogens is 1. The van der Waals surface area contributed by atoms with Crippen LogP contribution in [0.25, 0.3) is 11.4 Å². The molecule has 0 saturated carbocycles. The van der Waals surface area contributed by atoms with E-state index in [1.807, 2.05) is 49.3 Å². The second-order valence-electron chi connectivity index (χ2n) is 4.57. The number of likely N-dealkylation sites (N-methyl/N-ethyl adjacent to an activating group) is 1. The molecule has 0 saturated heterocycles.